The molecule has 2 N–H and O–H groups in total. The van der Waals surface area contributed by atoms with Crippen LogP contribution in [0, 0.1) is 35.7 Å². The number of ether oxygens (including phenoxy) is 2. The van der Waals surface area contributed by atoms with Gasteiger partial charge in [0.1, 0.15) is 11.6 Å². The molecule has 184 valence electrons. The molecule has 0 aliphatic carbocycles. The van der Waals surface area contributed by atoms with Crippen LogP contribution >= 0.6 is 22.6 Å². The van der Waals surface area contributed by atoms with Crippen molar-refractivity contribution in [2.75, 3.05) is 24.4 Å². The van der Waals surface area contributed by atoms with Crippen LogP contribution < -0.4 is 20.1 Å². The third-order valence-corrected chi connectivity index (χ3v) is 6.13. The first-order valence-corrected chi connectivity index (χ1v) is 12.2. The zero-order valence-corrected chi connectivity index (χ0v) is 22.6. The molecule has 2 amide bonds. The number of anilines is 2. The fourth-order valence-electron chi connectivity index (χ4n) is 3.46. The van der Waals surface area contributed by atoms with Crippen molar-refractivity contribution >= 4 is 51.9 Å². The molecule has 0 aliphatic rings. The van der Waals surface area contributed by atoms with Gasteiger partial charge in [0.05, 0.1) is 10.7 Å². The topological polar surface area (TPSA) is 100 Å². The summed E-state index contributed by atoms with van der Waals surface area (Å²) in [5, 5.41) is 15.2. The van der Waals surface area contributed by atoms with Crippen LogP contribution in [-0.2, 0) is 9.59 Å². The molecule has 0 fully saturated rings. The summed E-state index contributed by atoms with van der Waals surface area (Å²) in [6, 6.07) is 18.5. The first kappa shape index (κ1) is 26.8. The van der Waals surface area contributed by atoms with E-state index < -0.39 is 5.91 Å². The third-order valence-electron chi connectivity index (χ3n) is 5.32. The number of nitriles is 1. The Kier molecular flexibility index (Phi) is 9.08. The molecule has 0 unspecified atom stereocenters. The summed E-state index contributed by atoms with van der Waals surface area (Å²) in [7, 11) is 1.48. The third kappa shape index (κ3) is 6.86. The van der Waals surface area contributed by atoms with Gasteiger partial charge in [0.15, 0.2) is 18.1 Å². The molecule has 0 spiro atoms. The molecule has 0 saturated heterocycles. The molecule has 3 aromatic carbocycles. The van der Waals surface area contributed by atoms with Crippen molar-refractivity contribution in [2.45, 2.75) is 20.8 Å². The first-order valence-electron chi connectivity index (χ1n) is 11.1. The molecule has 0 bridgehead atoms. The lowest BCUT2D eigenvalue weighted by Gasteiger charge is -2.14. The van der Waals surface area contributed by atoms with Gasteiger partial charge in [-0.2, -0.15) is 5.26 Å². The molecule has 8 heteroatoms. The minimum Gasteiger partial charge on any atom is -0.493 e. The molecule has 0 atom stereocenters. The smallest absolute Gasteiger partial charge is 0.266 e. The number of amides is 2. The fourth-order valence-corrected chi connectivity index (χ4v) is 4.24. The minimum atomic E-state index is -0.508. The van der Waals surface area contributed by atoms with Crippen molar-refractivity contribution in [3.63, 3.8) is 0 Å². The van der Waals surface area contributed by atoms with Crippen molar-refractivity contribution < 1.29 is 19.1 Å². The summed E-state index contributed by atoms with van der Waals surface area (Å²) >= 11 is 2.06. The zero-order chi connectivity index (χ0) is 26.2. The van der Waals surface area contributed by atoms with Gasteiger partial charge in [-0.25, -0.2) is 0 Å². The molecule has 0 aromatic heterocycles. The second-order valence-electron chi connectivity index (χ2n) is 8.13. The number of hydrogen-bond donors (Lipinski definition) is 2. The highest BCUT2D eigenvalue weighted by Crippen LogP contribution is 2.34. The maximum Gasteiger partial charge on any atom is 0.266 e. The molecule has 36 heavy (non-hydrogen) atoms. The second-order valence-corrected chi connectivity index (χ2v) is 9.29. The number of nitrogens with one attached hydrogen (secondary N) is 2. The van der Waals surface area contributed by atoms with Gasteiger partial charge in [-0.3, -0.25) is 9.59 Å². The van der Waals surface area contributed by atoms with Crippen LogP contribution in [-0.4, -0.2) is 25.5 Å². The Balaban J connectivity index is 1.76. The molecule has 0 saturated carbocycles. The van der Waals surface area contributed by atoms with Gasteiger partial charge in [0.2, 0.25) is 0 Å². The molecule has 0 heterocycles. The highest BCUT2D eigenvalue weighted by atomic mass is 127. The maximum absolute atomic E-state index is 12.7. The summed E-state index contributed by atoms with van der Waals surface area (Å²) in [6.45, 7) is 5.56. The number of nitrogens with zero attached hydrogens (tertiary/aromatic N) is 1. The van der Waals surface area contributed by atoms with Gasteiger partial charge in [-0.1, -0.05) is 35.9 Å². The van der Waals surface area contributed by atoms with E-state index in [1.54, 1.807) is 12.1 Å². The van der Waals surface area contributed by atoms with E-state index in [4.69, 9.17) is 9.47 Å². The summed E-state index contributed by atoms with van der Waals surface area (Å²) in [4.78, 5) is 25.1. The minimum absolute atomic E-state index is 0.0564. The van der Waals surface area contributed by atoms with E-state index in [0.717, 1.165) is 22.4 Å². The highest BCUT2D eigenvalue weighted by Gasteiger charge is 2.16. The summed E-state index contributed by atoms with van der Waals surface area (Å²) in [6.07, 6.45) is 1.48. The lowest BCUT2D eigenvalue weighted by atomic mass is 10.1. The lowest BCUT2D eigenvalue weighted by molar-refractivity contribution is -0.118. The number of carbonyl (C=O) groups excluding carboxylic acids is 2. The number of para-hydroxylation sites is 1. The number of hydrogen-bond acceptors (Lipinski definition) is 5. The number of benzene rings is 3. The van der Waals surface area contributed by atoms with Gasteiger partial charge in [-0.15, -0.1) is 0 Å². The van der Waals surface area contributed by atoms with Gasteiger partial charge in [0.25, 0.3) is 11.8 Å². The zero-order valence-electron chi connectivity index (χ0n) is 20.4. The number of methoxy groups -OCH3 is 1. The Labute approximate surface area is 224 Å². The SMILES string of the molecule is COc1cc(/C=C(\C#N)C(=O)Nc2ccc(C)cc2C)cc(I)c1OCC(=O)Nc1ccccc1C. The van der Waals surface area contributed by atoms with Gasteiger partial charge in [-0.05, 0) is 90.4 Å². The normalized spacial score (nSPS) is 10.8. The Morgan fingerprint density at radius 2 is 1.72 bits per heavy atom. The fraction of sp³-hybridized carbons (Fsp3) is 0.179. The molecular weight excluding hydrogens is 569 g/mol. The standard InChI is InChI=1S/C28H26IN3O4/c1-17-9-10-24(19(3)11-17)32-28(34)21(15-30)12-20-13-22(29)27(25(14-20)35-4)36-16-26(33)31-23-8-6-5-7-18(23)2/h5-14H,16H2,1-4H3,(H,31,33)(H,32,34)/b21-12+. The monoisotopic (exact) mass is 595 g/mol. The van der Waals surface area contributed by atoms with Crippen molar-refractivity contribution in [2.24, 2.45) is 0 Å². The van der Waals surface area contributed by atoms with E-state index in [1.807, 2.05) is 69.3 Å². The number of carbonyl (C=O) groups is 2. The van der Waals surface area contributed by atoms with Crippen LogP contribution in [0.1, 0.15) is 22.3 Å². The van der Waals surface area contributed by atoms with Gasteiger partial charge >= 0.3 is 0 Å². The number of aryl methyl sites for hydroxylation is 3. The predicted molar refractivity (Wildman–Crippen MR) is 149 cm³/mol. The summed E-state index contributed by atoms with van der Waals surface area (Å²) < 4.78 is 11.9. The quantitative estimate of drug-likeness (QED) is 0.195. The van der Waals surface area contributed by atoms with E-state index in [1.165, 1.54) is 13.2 Å². The van der Waals surface area contributed by atoms with Crippen molar-refractivity contribution in [1.82, 2.24) is 0 Å². The predicted octanol–water partition coefficient (Wildman–Crippen LogP) is 5.79. The average molecular weight is 595 g/mol. The van der Waals surface area contributed by atoms with Crippen molar-refractivity contribution in [1.29, 1.82) is 5.26 Å². The Hall–Kier alpha value is -3.84. The Morgan fingerprint density at radius 1 is 1.00 bits per heavy atom. The summed E-state index contributed by atoms with van der Waals surface area (Å²) in [5.41, 5.74) is 4.83. The molecule has 3 rings (SSSR count). The highest BCUT2D eigenvalue weighted by molar-refractivity contribution is 14.1. The maximum atomic E-state index is 12.7. The number of rotatable bonds is 8. The molecule has 0 aliphatic heterocycles. The van der Waals surface area contributed by atoms with Crippen molar-refractivity contribution in [3.8, 4) is 17.6 Å². The first-order chi connectivity index (χ1) is 17.2. The van der Waals surface area contributed by atoms with Crippen molar-refractivity contribution in [3.05, 3.63) is 86.0 Å². The van der Waals surface area contributed by atoms with Crippen LogP contribution in [0.15, 0.2) is 60.2 Å². The molecule has 0 radical (unpaired) electrons. The molecular formula is C28H26IN3O4. The molecule has 3 aromatic rings. The van der Waals surface area contributed by atoms with Gasteiger partial charge in [0, 0.05) is 11.4 Å². The van der Waals surface area contributed by atoms with E-state index in [-0.39, 0.29) is 18.1 Å². The Bertz CT molecular complexity index is 1380. The Morgan fingerprint density at radius 3 is 2.39 bits per heavy atom. The van der Waals surface area contributed by atoms with Crippen LogP contribution in [0.3, 0.4) is 0 Å². The lowest BCUT2D eigenvalue weighted by Crippen LogP contribution is -2.21. The van der Waals surface area contributed by atoms with Crippen LogP contribution in [0.5, 0.6) is 11.5 Å². The van der Waals surface area contributed by atoms with E-state index >= 15 is 0 Å². The average Bonchev–Trinajstić information content (AvgIpc) is 2.84. The molecule has 7 nitrogen and oxygen atoms in total. The van der Waals surface area contributed by atoms with E-state index in [9.17, 15) is 14.9 Å². The van der Waals surface area contributed by atoms with Crippen LogP contribution in [0.2, 0.25) is 0 Å². The van der Waals surface area contributed by atoms with Gasteiger partial charge < -0.3 is 20.1 Å². The second kappa shape index (κ2) is 12.2. The van der Waals surface area contributed by atoms with E-state index in [2.05, 4.69) is 33.2 Å². The largest absolute Gasteiger partial charge is 0.493 e. The number of halogens is 1. The van der Waals surface area contributed by atoms with E-state index in [0.29, 0.717) is 26.3 Å². The summed E-state index contributed by atoms with van der Waals surface area (Å²) in [5.74, 6) is -0.0371. The van der Waals surface area contributed by atoms with Crippen LogP contribution in [0.4, 0.5) is 11.4 Å². The van der Waals surface area contributed by atoms with Crippen LogP contribution in [0.25, 0.3) is 6.08 Å².